The number of aliphatic carboxylic acids is 1. The first-order chi connectivity index (χ1) is 9.92. The van der Waals surface area contributed by atoms with Crippen LogP contribution in [0.3, 0.4) is 0 Å². The number of likely N-dealkylation sites (N-methyl/N-ethyl adjacent to an activating group) is 1. The second-order valence-corrected chi connectivity index (χ2v) is 6.64. The summed E-state index contributed by atoms with van der Waals surface area (Å²) in [7, 11) is 2.03. The van der Waals surface area contributed by atoms with Gasteiger partial charge in [0.2, 0.25) is 0 Å². The van der Waals surface area contributed by atoms with Crippen molar-refractivity contribution in [2.45, 2.75) is 51.1 Å². The first-order valence-corrected chi connectivity index (χ1v) is 8.58. The normalized spacial score (nSPS) is 23.4. The average molecular weight is 317 g/mol. The fourth-order valence-electron chi connectivity index (χ4n) is 2.30. The molecule has 0 aliphatic carbocycles. The molecule has 6 nitrogen and oxygen atoms in total. The summed E-state index contributed by atoms with van der Waals surface area (Å²) in [4.78, 5) is 27.2. The molecule has 2 amide bonds. The number of carboxylic acids is 1. The van der Waals surface area contributed by atoms with Gasteiger partial charge in [-0.05, 0) is 26.8 Å². The summed E-state index contributed by atoms with van der Waals surface area (Å²) in [5, 5.41) is 12.0. The summed E-state index contributed by atoms with van der Waals surface area (Å²) in [6.07, 6.45) is 1.82. The largest absolute Gasteiger partial charge is 0.480 e. The Kier molecular flexibility index (Phi) is 7.31. The molecule has 0 spiro atoms. The van der Waals surface area contributed by atoms with E-state index < -0.39 is 12.0 Å². The van der Waals surface area contributed by atoms with Gasteiger partial charge in [0.15, 0.2) is 0 Å². The fourth-order valence-corrected chi connectivity index (χ4v) is 3.65. The zero-order valence-electron chi connectivity index (χ0n) is 13.3. The third kappa shape index (κ3) is 4.78. The molecule has 1 aliphatic heterocycles. The van der Waals surface area contributed by atoms with Crippen LogP contribution in [0.5, 0.6) is 0 Å². The number of carboxylic acid groups (broad SMARTS) is 1. The molecule has 0 aromatic heterocycles. The van der Waals surface area contributed by atoms with E-state index in [1.807, 2.05) is 14.0 Å². The number of urea groups is 1. The Labute approximate surface area is 131 Å². The van der Waals surface area contributed by atoms with Crippen LogP contribution in [0.25, 0.3) is 0 Å². The van der Waals surface area contributed by atoms with Crippen LogP contribution in [-0.4, -0.2) is 70.3 Å². The Balaban J connectivity index is 2.50. The Morgan fingerprint density at radius 1 is 1.48 bits per heavy atom. The lowest BCUT2D eigenvalue weighted by Gasteiger charge is -2.28. The van der Waals surface area contributed by atoms with E-state index >= 15 is 0 Å². The van der Waals surface area contributed by atoms with E-state index in [4.69, 9.17) is 0 Å². The molecular formula is C14H27N3O3S. The highest BCUT2D eigenvalue weighted by atomic mass is 32.2. The lowest BCUT2D eigenvalue weighted by molar-refractivity contribution is -0.141. The van der Waals surface area contributed by atoms with Crippen molar-refractivity contribution in [3.8, 4) is 0 Å². The molecule has 0 saturated carbocycles. The Bertz CT molecular complexity index is 367. The molecule has 0 aromatic carbocycles. The van der Waals surface area contributed by atoms with E-state index in [1.165, 1.54) is 16.7 Å². The summed E-state index contributed by atoms with van der Waals surface area (Å²) >= 11 is 1.54. The van der Waals surface area contributed by atoms with Crippen LogP contribution in [0.2, 0.25) is 0 Å². The summed E-state index contributed by atoms with van der Waals surface area (Å²) in [6.45, 7) is 7.54. The number of carbonyl (C=O) groups excluding carboxylic acids is 1. The van der Waals surface area contributed by atoms with Gasteiger partial charge in [0.25, 0.3) is 0 Å². The van der Waals surface area contributed by atoms with E-state index in [9.17, 15) is 14.7 Å². The molecule has 3 unspecified atom stereocenters. The van der Waals surface area contributed by atoms with Gasteiger partial charge in [0.05, 0.1) is 5.37 Å². The lowest BCUT2D eigenvalue weighted by atomic mass is 10.2. The van der Waals surface area contributed by atoms with E-state index in [1.54, 1.807) is 0 Å². The van der Waals surface area contributed by atoms with Gasteiger partial charge >= 0.3 is 12.0 Å². The molecule has 1 aliphatic rings. The summed E-state index contributed by atoms with van der Waals surface area (Å²) < 4.78 is 0. The van der Waals surface area contributed by atoms with Crippen molar-refractivity contribution < 1.29 is 14.7 Å². The topological polar surface area (TPSA) is 72.9 Å². The van der Waals surface area contributed by atoms with Crippen molar-refractivity contribution >= 4 is 23.8 Å². The van der Waals surface area contributed by atoms with Gasteiger partial charge in [0.1, 0.15) is 6.04 Å². The number of hydrogen-bond donors (Lipinski definition) is 2. The Morgan fingerprint density at radius 2 is 2.14 bits per heavy atom. The standard InChI is InChI=1S/C14H27N3O3S/c1-5-10(3)16(4)8-7-15-14(20)17-11(13(18)19)9-21-12(17)6-2/h10-12H,5-9H2,1-4H3,(H,15,20)(H,18,19). The van der Waals surface area contributed by atoms with Crippen molar-refractivity contribution in [1.82, 2.24) is 15.1 Å². The number of thioether (sulfide) groups is 1. The highest BCUT2D eigenvalue weighted by Crippen LogP contribution is 2.31. The molecule has 7 heteroatoms. The molecule has 122 valence electrons. The summed E-state index contributed by atoms with van der Waals surface area (Å²) in [5.74, 6) is -0.459. The number of rotatable bonds is 7. The quantitative estimate of drug-likeness (QED) is 0.747. The van der Waals surface area contributed by atoms with Crippen LogP contribution in [0.1, 0.15) is 33.6 Å². The van der Waals surface area contributed by atoms with Crippen molar-refractivity contribution in [3.63, 3.8) is 0 Å². The molecule has 0 radical (unpaired) electrons. The molecule has 21 heavy (non-hydrogen) atoms. The first-order valence-electron chi connectivity index (χ1n) is 7.53. The third-order valence-electron chi connectivity index (χ3n) is 4.05. The predicted molar refractivity (Wildman–Crippen MR) is 85.6 cm³/mol. The van der Waals surface area contributed by atoms with E-state index in [-0.39, 0.29) is 11.4 Å². The molecule has 0 bridgehead atoms. The zero-order chi connectivity index (χ0) is 16.0. The van der Waals surface area contributed by atoms with E-state index in [2.05, 4.69) is 24.1 Å². The van der Waals surface area contributed by atoms with Crippen LogP contribution in [0, 0.1) is 0 Å². The minimum absolute atomic E-state index is 0.0432. The fraction of sp³-hybridized carbons (Fsp3) is 0.857. The predicted octanol–water partition coefficient (Wildman–Crippen LogP) is 1.66. The highest BCUT2D eigenvalue weighted by Gasteiger charge is 2.40. The van der Waals surface area contributed by atoms with Crippen LogP contribution >= 0.6 is 11.8 Å². The van der Waals surface area contributed by atoms with Gasteiger partial charge in [-0.2, -0.15) is 0 Å². The van der Waals surface area contributed by atoms with Crippen LogP contribution in [-0.2, 0) is 4.79 Å². The molecule has 1 heterocycles. The minimum Gasteiger partial charge on any atom is -0.480 e. The molecule has 0 aromatic rings. The maximum Gasteiger partial charge on any atom is 0.327 e. The number of nitrogens with zero attached hydrogens (tertiary/aromatic N) is 2. The van der Waals surface area contributed by atoms with E-state index in [0.717, 1.165) is 19.4 Å². The van der Waals surface area contributed by atoms with Crippen molar-refractivity contribution in [2.24, 2.45) is 0 Å². The van der Waals surface area contributed by atoms with Gasteiger partial charge in [-0.25, -0.2) is 9.59 Å². The third-order valence-corrected chi connectivity index (χ3v) is 5.50. The Hall–Kier alpha value is -0.950. The molecule has 3 atom stereocenters. The van der Waals surface area contributed by atoms with Gasteiger partial charge < -0.3 is 15.3 Å². The molecule has 2 N–H and O–H groups in total. The Morgan fingerprint density at radius 3 is 2.67 bits per heavy atom. The van der Waals surface area contributed by atoms with Crippen LogP contribution in [0.15, 0.2) is 0 Å². The van der Waals surface area contributed by atoms with Gasteiger partial charge in [-0.1, -0.05) is 13.8 Å². The summed E-state index contributed by atoms with van der Waals surface area (Å²) in [6, 6.07) is -0.511. The molecule has 1 saturated heterocycles. The lowest BCUT2D eigenvalue weighted by Crippen LogP contribution is -2.51. The van der Waals surface area contributed by atoms with Crippen molar-refractivity contribution in [2.75, 3.05) is 25.9 Å². The van der Waals surface area contributed by atoms with E-state index in [0.29, 0.717) is 18.3 Å². The molecular weight excluding hydrogens is 290 g/mol. The van der Waals surface area contributed by atoms with Crippen LogP contribution < -0.4 is 5.32 Å². The SMILES string of the molecule is CCC(C)N(C)CCNC(=O)N1C(CC)SCC1C(=O)O. The van der Waals surface area contributed by atoms with Crippen LogP contribution in [0.4, 0.5) is 4.79 Å². The highest BCUT2D eigenvalue weighted by molar-refractivity contribution is 8.00. The average Bonchev–Trinajstić information content (AvgIpc) is 2.90. The second-order valence-electron chi connectivity index (χ2n) is 5.43. The maximum absolute atomic E-state index is 12.3. The van der Waals surface area contributed by atoms with Crippen molar-refractivity contribution in [1.29, 1.82) is 0 Å². The monoisotopic (exact) mass is 317 g/mol. The van der Waals surface area contributed by atoms with Crippen molar-refractivity contribution in [3.05, 3.63) is 0 Å². The number of amides is 2. The van der Waals surface area contributed by atoms with Gasteiger partial charge in [0, 0.05) is 24.9 Å². The smallest absolute Gasteiger partial charge is 0.327 e. The van der Waals surface area contributed by atoms with Gasteiger partial charge in [-0.3, -0.25) is 4.90 Å². The summed E-state index contributed by atoms with van der Waals surface area (Å²) in [5.41, 5.74) is 0. The number of nitrogens with one attached hydrogen (secondary N) is 1. The minimum atomic E-state index is -0.926. The number of carbonyl (C=O) groups is 2. The molecule has 1 fully saturated rings. The first kappa shape index (κ1) is 18.1. The maximum atomic E-state index is 12.3. The number of hydrogen-bond acceptors (Lipinski definition) is 4. The second kappa shape index (κ2) is 8.48. The molecule has 1 rings (SSSR count). The van der Waals surface area contributed by atoms with Gasteiger partial charge in [-0.15, -0.1) is 11.8 Å². The zero-order valence-corrected chi connectivity index (χ0v) is 14.2.